The molecule has 1 amide bonds. The molecule has 0 saturated carbocycles. The lowest BCUT2D eigenvalue weighted by molar-refractivity contribution is 0.0999. The maximum absolute atomic E-state index is 11.0. The summed E-state index contributed by atoms with van der Waals surface area (Å²) in [6, 6.07) is 5.25. The molecule has 0 spiro atoms. The number of carbonyl (C=O) groups is 1. The van der Waals surface area contributed by atoms with Gasteiger partial charge in [0.25, 0.3) is 0 Å². The first kappa shape index (κ1) is 9.26. The fraction of sp³-hybridized carbons (Fsp3) is 0. The van der Waals surface area contributed by atoms with E-state index >= 15 is 0 Å². The maximum Gasteiger partial charge on any atom is 0.249 e. The summed E-state index contributed by atoms with van der Waals surface area (Å²) in [5, 5.41) is 1.52. The number of hydrogen-bond donors (Lipinski definition) is 1. The summed E-state index contributed by atoms with van der Waals surface area (Å²) in [5.74, 6) is -0.446. The summed E-state index contributed by atoms with van der Waals surface area (Å²) >= 11 is 0. The highest BCUT2D eigenvalue weighted by Crippen LogP contribution is 1.86. The van der Waals surface area contributed by atoms with Crippen molar-refractivity contribution in [2.45, 2.75) is 0 Å². The standard InChI is InChI=1S/C11H11NO/c1-3-5-9-8(2)6-4-7-10(9)11(12)13/h3-7H,1-2H2,(H2,12,13)/b9-5+. The lowest BCUT2D eigenvalue weighted by Gasteiger charge is -1.96. The topological polar surface area (TPSA) is 43.1 Å². The van der Waals surface area contributed by atoms with E-state index in [0.717, 1.165) is 10.4 Å². The van der Waals surface area contributed by atoms with Gasteiger partial charge in [-0.15, -0.1) is 0 Å². The fourth-order valence-electron chi connectivity index (χ4n) is 1.14. The Morgan fingerprint density at radius 1 is 1.46 bits per heavy atom. The summed E-state index contributed by atoms with van der Waals surface area (Å²) in [5.41, 5.74) is 5.67. The second-order valence-corrected chi connectivity index (χ2v) is 2.64. The van der Waals surface area contributed by atoms with Gasteiger partial charge in [-0.2, -0.15) is 0 Å². The number of hydrogen-bond acceptors (Lipinski definition) is 1. The molecule has 0 aliphatic carbocycles. The van der Waals surface area contributed by atoms with Crippen molar-refractivity contribution in [3.05, 3.63) is 46.9 Å². The summed E-state index contributed by atoms with van der Waals surface area (Å²) in [4.78, 5) is 11.0. The van der Waals surface area contributed by atoms with Crippen LogP contribution in [0.5, 0.6) is 0 Å². The van der Waals surface area contributed by atoms with E-state index in [1.165, 1.54) is 0 Å². The molecule has 1 rings (SSSR count). The molecule has 0 aromatic heterocycles. The molecule has 0 fully saturated rings. The average Bonchev–Trinajstić information content (AvgIpc) is 2.08. The number of amides is 1. The van der Waals surface area contributed by atoms with Gasteiger partial charge in [0.1, 0.15) is 0 Å². The second-order valence-electron chi connectivity index (χ2n) is 2.64. The summed E-state index contributed by atoms with van der Waals surface area (Å²) < 4.78 is 0. The maximum atomic E-state index is 11.0. The molecule has 0 radical (unpaired) electrons. The van der Waals surface area contributed by atoms with E-state index in [1.54, 1.807) is 24.3 Å². The normalized spacial score (nSPS) is 11.2. The first-order chi connectivity index (χ1) is 6.16. The van der Waals surface area contributed by atoms with E-state index in [9.17, 15) is 4.79 Å². The number of allylic oxidation sites excluding steroid dienone is 1. The van der Waals surface area contributed by atoms with Gasteiger partial charge in [0, 0.05) is 5.56 Å². The van der Waals surface area contributed by atoms with Gasteiger partial charge in [-0.05, 0) is 16.5 Å². The monoisotopic (exact) mass is 173 g/mol. The molecular weight excluding hydrogens is 162 g/mol. The van der Waals surface area contributed by atoms with Crippen LogP contribution in [0.15, 0.2) is 30.9 Å². The Morgan fingerprint density at radius 2 is 2.15 bits per heavy atom. The molecule has 0 atom stereocenters. The van der Waals surface area contributed by atoms with Crippen LogP contribution in [0.2, 0.25) is 0 Å². The molecule has 2 heteroatoms. The molecule has 1 aromatic rings. The molecule has 1 aromatic carbocycles. The van der Waals surface area contributed by atoms with Crippen molar-refractivity contribution < 1.29 is 4.79 Å². The first-order valence-corrected chi connectivity index (χ1v) is 3.87. The first-order valence-electron chi connectivity index (χ1n) is 3.87. The Labute approximate surface area is 76.7 Å². The van der Waals surface area contributed by atoms with Crippen LogP contribution in [-0.2, 0) is 0 Å². The van der Waals surface area contributed by atoms with E-state index in [4.69, 9.17) is 5.73 Å². The Morgan fingerprint density at radius 3 is 2.69 bits per heavy atom. The Balaban J connectivity index is 3.62. The summed E-state index contributed by atoms with van der Waals surface area (Å²) in [7, 11) is 0. The van der Waals surface area contributed by atoms with Crippen molar-refractivity contribution in [1.29, 1.82) is 0 Å². The van der Waals surface area contributed by atoms with Gasteiger partial charge in [-0.25, -0.2) is 0 Å². The van der Waals surface area contributed by atoms with Gasteiger partial charge in [0.05, 0.1) is 0 Å². The van der Waals surface area contributed by atoms with E-state index in [-0.39, 0.29) is 0 Å². The summed E-state index contributed by atoms with van der Waals surface area (Å²) in [6.07, 6.45) is 3.33. The van der Waals surface area contributed by atoms with Gasteiger partial charge in [-0.1, -0.05) is 37.4 Å². The smallest absolute Gasteiger partial charge is 0.249 e. The molecule has 13 heavy (non-hydrogen) atoms. The van der Waals surface area contributed by atoms with Crippen molar-refractivity contribution in [1.82, 2.24) is 0 Å². The van der Waals surface area contributed by atoms with Gasteiger partial charge < -0.3 is 5.73 Å². The minimum atomic E-state index is -0.446. The molecule has 0 unspecified atom stereocenters. The largest absolute Gasteiger partial charge is 0.366 e. The number of primary amides is 1. The van der Waals surface area contributed by atoms with Gasteiger partial charge in [-0.3, -0.25) is 4.79 Å². The molecule has 0 heterocycles. The van der Waals surface area contributed by atoms with Gasteiger partial charge >= 0.3 is 0 Å². The van der Waals surface area contributed by atoms with Crippen molar-refractivity contribution in [3.8, 4) is 0 Å². The van der Waals surface area contributed by atoms with Crippen LogP contribution in [-0.4, -0.2) is 5.91 Å². The highest BCUT2D eigenvalue weighted by Gasteiger charge is 2.00. The van der Waals surface area contributed by atoms with E-state index in [0.29, 0.717) is 5.56 Å². The quantitative estimate of drug-likeness (QED) is 0.680. The number of rotatable bonds is 2. The minimum Gasteiger partial charge on any atom is -0.366 e. The Kier molecular flexibility index (Phi) is 2.65. The zero-order chi connectivity index (χ0) is 9.84. The third-order valence-corrected chi connectivity index (χ3v) is 1.75. The summed E-state index contributed by atoms with van der Waals surface area (Å²) in [6.45, 7) is 7.36. The predicted molar refractivity (Wildman–Crippen MR) is 54.4 cm³/mol. The lowest BCUT2D eigenvalue weighted by Crippen LogP contribution is -2.32. The Hall–Kier alpha value is -1.83. The third kappa shape index (κ3) is 1.85. The molecule has 0 bridgehead atoms. The molecule has 66 valence electrons. The van der Waals surface area contributed by atoms with Gasteiger partial charge in [0.15, 0.2) is 0 Å². The molecular formula is C11H11NO. The van der Waals surface area contributed by atoms with E-state index in [2.05, 4.69) is 13.2 Å². The molecule has 2 nitrogen and oxygen atoms in total. The van der Waals surface area contributed by atoms with Crippen LogP contribution >= 0.6 is 0 Å². The second kappa shape index (κ2) is 3.72. The number of nitrogens with two attached hydrogens (primary N) is 1. The van der Waals surface area contributed by atoms with Crippen LogP contribution in [0, 0.1) is 0 Å². The average molecular weight is 173 g/mol. The number of benzene rings is 1. The Bertz CT molecular complexity index is 446. The minimum absolute atomic E-state index is 0.446. The van der Waals surface area contributed by atoms with Gasteiger partial charge in [0.2, 0.25) is 5.91 Å². The van der Waals surface area contributed by atoms with Crippen molar-refractivity contribution >= 4 is 18.6 Å². The van der Waals surface area contributed by atoms with Crippen LogP contribution in [0.25, 0.3) is 12.7 Å². The molecule has 2 N–H and O–H groups in total. The zero-order valence-electron chi connectivity index (χ0n) is 7.29. The third-order valence-electron chi connectivity index (χ3n) is 1.75. The lowest BCUT2D eigenvalue weighted by atomic mass is 10.1. The highest BCUT2D eigenvalue weighted by molar-refractivity contribution is 5.93. The number of carbonyl (C=O) groups excluding carboxylic acids is 1. The molecule has 0 aliphatic rings. The zero-order valence-corrected chi connectivity index (χ0v) is 7.29. The highest BCUT2D eigenvalue weighted by atomic mass is 16.1. The molecule has 0 aliphatic heterocycles. The fourth-order valence-corrected chi connectivity index (χ4v) is 1.14. The van der Waals surface area contributed by atoms with Crippen molar-refractivity contribution in [3.63, 3.8) is 0 Å². The SMILES string of the molecule is C=C/C=c1/c(C(N)=O)cccc1=C. The van der Waals surface area contributed by atoms with E-state index < -0.39 is 5.91 Å². The molecule has 0 saturated heterocycles. The van der Waals surface area contributed by atoms with Crippen molar-refractivity contribution in [2.75, 3.05) is 0 Å². The van der Waals surface area contributed by atoms with Crippen molar-refractivity contribution in [2.24, 2.45) is 5.73 Å². The van der Waals surface area contributed by atoms with Crippen LogP contribution < -0.4 is 16.2 Å². The van der Waals surface area contributed by atoms with Crippen LogP contribution in [0.3, 0.4) is 0 Å². The van der Waals surface area contributed by atoms with Crippen LogP contribution in [0.4, 0.5) is 0 Å². The van der Waals surface area contributed by atoms with E-state index in [1.807, 2.05) is 6.07 Å². The van der Waals surface area contributed by atoms with Crippen LogP contribution in [0.1, 0.15) is 10.4 Å². The predicted octanol–water partition coefficient (Wildman–Crippen LogP) is 0.162.